The van der Waals surface area contributed by atoms with Gasteiger partial charge in [-0.3, -0.25) is 4.79 Å². The van der Waals surface area contributed by atoms with Gasteiger partial charge in [-0.25, -0.2) is 9.18 Å². The zero-order chi connectivity index (χ0) is 12.0. The molecule has 0 bridgehead atoms. The van der Waals surface area contributed by atoms with Gasteiger partial charge in [0.15, 0.2) is 0 Å². The molecule has 86 valence electrons. The van der Waals surface area contributed by atoms with Crippen LogP contribution in [-0.2, 0) is 20.7 Å². The summed E-state index contributed by atoms with van der Waals surface area (Å²) in [7, 11) is 1.12. The molecule has 0 aliphatic rings. The van der Waals surface area contributed by atoms with Crippen LogP contribution in [0.25, 0.3) is 0 Å². The van der Waals surface area contributed by atoms with Crippen molar-refractivity contribution in [3.63, 3.8) is 0 Å². The molecule has 0 atom stereocenters. The van der Waals surface area contributed by atoms with Crippen LogP contribution in [0.15, 0.2) is 24.3 Å². The summed E-state index contributed by atoms with van der Waals surface area (Å²) in [6.07, 6.45) is 0.329. The molecule has 0 saturated heterocycles. The molecule has 1 aromatic rings. The minimum absolute atomic E-state index is 0.189. The maximum atomic E-state index is 13.1. The zero-order valence-corrected chi connectivity index (χ0v) is 8.83. The fraction of sp³-hybridized carbons (Fsp3) is 0.273. The zero-order valence-electron chi connectivity index (χ0n) is 8.83. The van der Waals surface area contributed by atoms with Crippen LogP contribution in [0.1, 0.15) is 5.56 Å². The number of amides is 1. The summed E-state index contributed by atoms with van der Waals surface area (Å²) in [5, 5.41) is 2.33. The average molecular weight is 225 g/mol. The number of esters is 1. The Balaban J connectivity index is 2.39. The highest BCUT2D eigenvalue weighted by molar-refractivity contribution is 6.32. The van der Waals surface area contributed by atoms with E-state index in [4.69, 9.17) is 0 Å². The van der Waals surface area contributed by atoms with E-state index in [2.05, 4.69) is 10.1 Å². The molecule has 0 aliphatic heterocycles. The first-order valence-electron chi connectivity index (χ1n) is 4.74. The smallest absolute Gasteiger partial charge is 0.396 e. The van der Waals surface area contributed by atoms with Crippen LogP contribution in [0.3, 0.4) is 0 Å². The maximum absolute atomic E-state index is 13.1. The number of carbonyl (C=O) groups excluding carboxylic acids is 2. The molecular weight excluding hydrogens is 213 g/mol. The second kappa shape index (κ2) is 5.85. The van der Waals surface area contributed by atoms with Crippen molar-refractivity contribution in [3.05, 3.63) is 35.6 Å². The van der Waals surface area contributed by atoms with E-state index in [-0.39, 0.29) is 12.4 Å². The van der Waals surface area contributed by atoms with Crippen LogP contribution in [-0.4, -0.2) is 25.5 Å². The fourth-order valence-electron chi connectivity index (χ4n) is 1.18. The summed E-state index contributed by atoms with van der Waals surface area (Å²) in [6, 6.07) is 6.27. The third-order valence-corrected chi connectivity index (χ3v) is 2.01. The van der Waals surface area contributed by atoms with Crippen molar-refractivity contribution in [2.75, 3.05) is 13.7 Å². The van der Waals surface area contributed by atoms with Gasteiger partial charge in [0.25, 0.3) is 0 Å². The highest BCUT2D eigenvalue weighted by Crippen LogP contribution is 2.05. The summed E-state index contributed by atoms with van der Waals surface area (Å²) in [5.74, 6) is -2.10. The Morgan fingerprint density at radius 1 is 1.38 bits per heavy atom. The predicted octanol–water partition coefficient (Wildman–Crippen LogP) is 0.657. The molecule has 1 amide bonds. The van der Waals surface area contributed by atoms with Crippen molar-refractivity contribution in [3.8, 4) is 0 Å². The second-order valence-electron chi connectivity index (χ2n) is 3.09. The predicted molar refractivity (Wildman–Crippen MR) is 55.1 cm³/mol. The number of hydrogen-bond acceptors (Lipinski definition) is 3. The lowest BCUT2D eigenvalue weighted by molar-refractivity contribution is -0.152. The number of methoxy groups -OCH3 is 1. The first-order valence-corrected chi connectivity index (χ1v) is 4.74. The van der Waals surface area contributed by atoms with Gasteiger partial charge in [-0.15, -0.1) is 0 Å². The van der Waals surface area contributed by atoms with Gasteiger partial charge in [-0.1, -0.05) is 18.2 Å². The van der Waals surface area contributed by atoms with E-state index in [0.717, 1.165) is 7.11 Å². The normalized spacial score (nSPS) is 9.62. The Hall–Kier alpha value is -1.91. The SMILES string of the molecule is COC(=O)C(=O)NCCc1ccccc1F. The van der Waals surface area contributed by atoms with Crippen molar-refractivity contribution in [1.29, 1.82) is 0 Å². The van der Waals surface area contributed by atoms with Gasteiger partial charge < -0.3 is 10.1 Å². The number of benzene rings is 1. The molecule has 0 aromatic heterocycles. The lowest BCUT2D eigenvalue weighted by Gasteiger charge is -2.04. The van der Waals surface area contributed by atoms with Crippen LogP contribution in [0, 0.1) is 5.82 Å². The molecular formula is C11H12FNO3. The standard InChI is InChI=1S/C11H12FNO3/c1-16-11(15)10(14)13-7-6-8-4-2-3-5-9(8)12/h2-5H,6-7H2,1H3,(H,13,14). The molecule has 1 rings (SSSR count). The molecule has 0 spiro atoms. The lowest BCUT2D eigenvalue weighted by Crippen LogP contribution is -2.33. The molecule has 0 unspecified atom stereocenters. The first-order chi connectivity index (χ1) is 7.65. The van der Waals surface area contributed by atoms with Crippen molar-refractivity contribution >= 4 is 11.9 Å². The van der Waals surface area contributed by atoms with E-state index in [1.165, 1.54) is 6.07 Å². The Kier molecular flexibility index (Phi) is 4.44. The molecule has 4 nitrogen and oxygen atoms in total. The van der Waals surface area contributed by atoms with Crippen LogP contribution >= 0.6 is 0 Å². The molecule has 5 heteroatoms. The number of ether oxygens (including phenoxy) is 1. The number of halogens is 1. The van der Waals surface area contributed by atoms with Gasteiger partial charge in [-0.2, -0.15) is 0 Å². The van der Waals surface area contributed by atoms with E-state index < -0.39 is 11.9 Å². The van der Waals surface area contributed by atoms with E-state index in [9.17, 15) is 14.0 Å². The van der Waals surface area contributed by atoms with Gasteiger partial charge in [0.2, 0.25) is 0 Å². The average Bonchev–Trinajstić information content (AvgIpc) is 2.30. The van der Waals surface area contributed by atoms with E-state index in [1.54, 1.807) is 18.2 Å². The van der Waals surface area contributed by atoms with Gasteiger partial charge in [-0.05, 0) is 18.1 Å². The Bertz CT molecular complexity index is 393. The van der Waals surface area contributed by atoms with Gasteiger partial charge in [0.1, 0.15) is 5.82 Å². The molecule has 1 N–H and O–H groups in total. The molecule has 0 saturated carbocycles. The van der Waals surface area contributed by atoms with E-state index >= 15 is 0 Å². The van der Waals surface area contributed by atoms with Crippen LogP contribution in [0.5, 0.6) is 0 Å². The summed E-state index contributed by atoms with van der Waals surface area (Å²) in [6.45, 7) is 0.189. The molecule has 1 aromatic carbocycles. The number of hydrogen-bond donors (Lipinski definition) is 1. The van der Waals surface area contributed by atoms with Crippen molar-refractivity contribution in [2.24, 2.45) is 0 Å². The highest BCUT2D eigenvalue weighted by Gasteiger charge is 2.12. The summed E-state index contributed by atoms with van der Waals surface area (Å²) in [5.41, 5.74) is 0.493. The Morgan fingerprint density at radius 2 is 2.06 bits per heavy atom. The topological polar surface area (TPSA) is 55.4 Å². The van der Waals surface area contributed by atoms with Gasteiger partial charge in [0.05, 0.1) is 7.11 Å². The minimum atomic E-state index is -0.950. The van der Waals surface area contributed by atoms with Crippen LogP contribution in [0.4, 0.5) is 4.39 Å². The molecule has 0 radical (unpaired) electrons. The quantitative estimate of drug-likeness (QED) is 0.607. The van der Waals surface area contributed by atoms with Gasteiger partial charge in [0, 0.05) is 6.54 Å². The summed E-state index contributed by atoms with van der Waals surface area (Å²) in [4.78, 5) is 21.7. The number of nitrogens with one attached hydrogen (secondary N) is 1. The number of rotatable bonds is 3. The maximum Gasteiger partial charge on any atom is 0.396 e. The van der Waals surface area contributed by atoms with E-state index in [0.29, 0.717) is 12.0 Å². The van der Waals surface area contributed by atoms with E-state index in [1.807, 2.05) is 0 Å². The monoisotopic (exact) mass is 225 g/mol. The molecule has 0 fully saturated rings. The lowest BCUT2D eigenvalue weighted by atomic mass is 10.1. The van der Waals surface area contributed by atoms with Crippen LogP contribution in [0.2, 0.25) is 0 Å². The second-order valence-corrected chi connectivity index (χ2v) is 3.09. The van der Waals surface area contributed by atoms with Crippen molar-refractivity contribution < 1.29 is 18.7 Å². The highest BCUT2D eigenvalue weighted by atomic mass is 19.1. The Labute approximate surface area is 92.4 Å². The fourth-order valence-corrected chi connectivity index (χ4v) is 1.18. The summed E-state index contributed by atoms with van der Waals surface area (Å²) >= 11 is 0. The van der Waals surface area contributed by atoms with Crippen molar-refractivity contribution in [2.45, 2.75) is 6.42 Å². The largest absolute Gasteiger partial charge is 0.462 e. The third kappa shape index (κ3) is 3.34. The third-order valence-electron chi connectivity index (χ3n) is 2.01. The number of carbonyl (C=O) groups is 2. The molecule has 0 heterocycles. The first kappa shape index (κ1) is 12.2. The van der Waals surface area contributed by atoms with Crippen molar-refractivity contribution in [1.82, 2.24) is 5.32 Å². The van der Waals surface area contributed by atoms with Crippen LogP contribution < -0.4 is 5.32 Å². The Morgan fingerprint density at radius 3 is 2.69 bits per heavy atom. The summed E-state index contributed by atoms with van der Waals surface area (Å²) < 4.78 is 17.3. The molecule has 16 heavy (non-hydrogen) atoms. The molecule has 0 aliphatic carbocycles. The van der Waals surface area contributed by atoms with Gasteiger partial charge >= 0.3 is 11.9 Å². The minimum Gasteiger partial charge on any atom is -0.462 e.